The number of benzene rings is 1. The number of carbonyl (C=O) groups excluding carboxylic acids is 2. The second kappa shape index (κ2) is 11.1. The predicted octanol–water partition coefficient (Wildman–Crippen LogP) is 4.79. The van der Waals surface area contributed by atoms with Crippen LogP contribution in [0.5, 0.6) is 5.75 Å². The Labute approximate surface area is 143 Å². The summed E-state index contributed by atoms with van der Waals surface area (Å²) in [5, 5.41) is 0.366. The summed E-state index contributed by atoms with van der Waals surface area (Å²) in [6, 6.07) is 6.72. The number of unbranched alkanes of at least 4 members (excludes halogenated alkanes) is 1. The summed E-state index contributed by atoms with van der Waals surface area (Å²) in [4.78, 5) is 23.4. The van der Waals surface area contributed by atoms with Crippen molar-refractivity contribution in [3.63, 3.8) is 0 Å². The lowest BCUT2D eigenvalue weighted by Crippen LogP contribution is -2.16. The van der Waals surface area contributed by atoms with Crippen LogP contribution >= 0.6 is 11.6 Å². The molecular formula is C18H25ClO4. The first-order valence-corrected chi connectivity index (χ1v) is 8.55. The van der Waals surface area contributed by atoms with Crippen molar-refractivity contribution in [2.45, 2.75) is 52.4 Å². The molecule has 0 amide bonds. The largest absolute Gasteiger partial charge is 0.465 e. The molecule has 23 heavy (non-hydrogen) atoms. The Morgan fingerprint density at radius 2 is 1.83 bits per heavy atom. The normalized spacial score (nSPS) is 11.8. The second-order valence-electron chi connectivity index (χ2n) is 5.50. The van der Waals surface area contributed by atoms with Crippen molar-refractivity contribution in [2.24, 2.45) is 5.92 Å². The van der Waals surface area contributed by atoms with Crippen LogP contribution in [-0.4, -0.2) is 18.5 Å². The number of rotatable bonds is 10. The molecule has 0 aromatic heterocycles. The first-order chi connectivity index (χ1) is 11.1. The third-order valence-electron chi connectivity index (χ3n) is 3.62. The molecule has 0 aliphatic carbocycles. The summed E-state index contributed by atoms with van der Waals surface area (Å²) in [5.41, 5.74) is 0. The van der Waals surface area contributed by atoms with E-state index in [-0.39, 0.29) is 18.8 Å². The van der Waals surface area contributed by atoms with Gasteiger partial charge in [-0.15, -0.1) is 0 Å². The first-order valence-electron chi connectivity index (χ1n) is 8.17. The molecule has 0 heterocycles. The lowest BCUT2D eigenvalue weighted by Gasteiger charge is -2.14. The van der Waals surface area contributed by atoms with E-state index in [2.05, 4.69) is 13.8 Å². The molecule has 5 heteroatoms. The summed E-state index contributed by atoms with van der Waals surface area (Å²) in [6.45, 7) is 4.66. The van der Waals surface area contributed by atoms with Crippen molar-refractivity contribution in [1.29, 1.82) is 0 Å². The van der Waals surface area contributed by atoms with Crippen LogP contribution in [0.25, 0.3) is 0 Å². The van der Waals surface area contributed by atoms with Crippen LogP contribution in [0.3, 0.4) is 0 Å². The van der Waals surface area contributed by atoms with E-state index >= 15 is 0 Å². The third-order valence-corrected chi connectivity index (χ3v) is 3.93. The highest BCUT2D eigenvalue weighted by Gasteiger charge is 2.13. The minimum atomic E-state index is -0.493. The van der Waals surface area contributed by atoms with Gasteiger partial charge in [0, 0.05) is 0 Å². The van der Waals surface area contributed by atoms with Gasteiger partial charge in [0.1, 0.15) is 5.75 Å². The van der Waals surface area contributed by atoms with Crippen LogP contribution in [0.2, 0.25) is 5.02 Å². The van der Waals surface area contributed by atoms with Crippen LogP contribution in [0.4, 0.5) is 0 Å². The van der Waals surface area contributed by atoms with Gasteiger partial charge in [0.2, 0.25) is 0 Å². The smallest absolute Gasteiger partial charge is 0.311 e. The topological polar surface area (TPSA) is 52.6 Å². The number of hydrogen-bond acceptors (Lipinski definition) is 4. The van der Waals surface area contributed by atoms with Crippen molar-refractivity contribution in [3.05, 3.63) is 29.3 Å². The van der Waals surface area contributed by atoms with Crippen LogP contribution in [0.1, 0.15) is 52.4 Å². The fourth-order valence-corrected chi connectivity index (χ4v) is 2.26. The summed E-state index contributed by atoms with van der Waals surface area (Å²) in [7, 11) is 0. The molecule has 0 saturated carbocycles. The van der Waals surface area contributed by atoms with Gasteiger partial charge in [-0.3, -0.25) is 9.59 Å². The summed E-state index contributed by atoms with van der Waals surface area (Å²) in [6.07, 6.45) is 4.33. The Balaban J connectivity index is 2.27. The van der Waals surface area contributed by atoms with Crippen molar-refractivity contribution in [2.75, 3.05) is 6.61 Å². The number of ether oxygens (including phenoxy) is 2. The molecule has 0 bridgehead atoms. The maximum Gasteiger partial charge on any atom is 0.311 e. The molecule has 0 aliphatic rings. The zero-order valence-electron chi connectivity index (χ0n) is 13.8. The van der Waals surface area contributed by atoms with Crippen LogP contribution in [0, 0.1) is 5.92 Å². The van der Waals surface area contributed by atoms with Gasteiger partial charge in [-0.05, 0) is 24.5 Å². The van der Waals surface area contributed by atoms with Gasteiger partial charge in [-0.1, -0.05) is 56.8 Å². The highest BCUT2D eigenvalue weighted by molar-refractivity contribution is 6.32. The SMILES string of the molecule is CCCCC(CC)COC(=O)CCC(=O)Oc1ccccc1Cl. The predicted molar refractivity (Wildman–Crippen MR) is 90.6 cm³/mol. The number of esters is 2. The van der Waals surface area contributed by atoms with Gasteiger partial charge in [-0.25, -0.2) is 0 Å². The Kier molecular flexibility index (Phi) is 9.37. The van der Waals surface area contributed by atoms with E-state index in [0.717, 1.165) is 25.7 Å². The number of hydrogen-bond donors (Lipinski definition) is 0. The molecule has 128 valence electrons. The highest BCUT2D eigenvalue weighted by Crippen LogP contribution is 2.23. The lowest BCUT2D eigenvalue weighted by atomic mass is 10.0. The van der Waals surface area contributed by atoms with Gasteiger partial charge in [0.25, 0.3) is 0 Å². The molecule has 1 atom stereocenters. The quantitative estimate of drug-likeness (QED) is 0.454. The molecule has 0 spiro atoms. The van der Waals surface area contributed by atoms with Gasteiger partial charge in [0.05, 0.1) is 24.5 Å². The maximum absolute atomic E-state index is 11.7. The molecule has 1 unspecified atom stereocenters. The molecule has 1 aromatic rings. The fourth-order valence-electron chi connectivity index (χ4n) is 2.09. The van der Waals surface area contributed by atoms with E-state index < -0.39 is 5.97 Å². The van der Waals surface area contributed by atoms with E-state index in [1.165, 1.54) is 0 Å². The Morgan fingerprint density at radius 3 is 2.48 bits per heavy atom. The van der Waals surface area contributed by atoms with Crippen LogP contribution < -0.4 is 4.74 Å². The molecule has 1 aromatic carbocycles. The highest BCUT2D eigenvalue weighted by atomic mass is 35.5. The number of para-hydroxylation sites is 1. The van der Waals surface area contributed by atoms with E-state index in [4.69, 9.17) is 21.1 Å². The van der Waals surface area contributed by atoms with E-state index in [1.807, 2.05) is 0 Å². The molecule has 0 saturated heterocycles. The van der Waals surface area contributed by atoms with E-state index in [1.54, 1.807) is 24.3 Å². The molecule has 0 radical (unpaired) electrons. The monoisotopic (exact) mass is 340 g/mol. The zero-order chi connectivity index (χ0) is 17.1. The number of halogens is 1. The average molecular weight is 341 g/mol. The van der Waals surface area contributed by atoms with Crippen molar-refractivity contribution < 1.29 is 19.1 Å². The molecule has 0 N–H and O–H groups in total. The minimum absolute atomic E-state index is 0.0180. The van der Waals surface area contributed by atoms with Gasteiger partial charge < -0.3 is 9.47 Å². The zero-order valence-corrected chi connectivity index (χ0v) is 14.6. The second-order valence-corrected chi connectivity index (χ2v) is 5.91. The van der Waals surface area contributed by atoms with Crippen LogP contribution in [0.15, 0.2) is 24.3 Å². The van der Waals surface area contributed by atoms with Crippen molar-refractivity contribution in [1.82, 2.24) is 0 Å². The van der Waals surface area contributed by atoms with Gasteiger partial charge in [-0.2, -0.15) is 0 Å². The molecule has 1 rings (SSSR count). The molecule has 4 nitrogen and oxygen atoms in total. The average Bonchev–Trinajstić information content (AvgIpc) is 2.55. The first kappa shape index (κ1) is 19.5. The van der Waals surface area contributed by atoms with Crippen LogP contribution in [-0.2, 0) is 14.3 Å². The number of carbonyl (C=O) groups is 2. The van der Waals surface area contributed by atoms with Crippen molar-refractivity contribution in [3.8, 4) is 5.75 Å². The Morgan fingerprint density at radius 1 is 1.13 bits per heavy atom. The van der Waals surface area contributed by atoms with Crippen molar-refractivity contribution >= 4 is 23.5 Å². The Hall–Kier alpha value is -1.55. The summed E-state index contributed by atoms with van der Waals surface area (Å²) in [5.74, 6) is -0.156. The molecule has 0 aliphatic heterocycles. The maximum atomic E-state index is 11.7. The van der Waals surface area contributed by atoms with E-state index in [0.29, 0.717) is 23.3 Å². The van der Waals surface area contributed by atoms with E-state index in [9.17, 15) is 9.59 Å². The Bertz CT molecular complexity index is 502. The third kappa shape index (κ3) is 8.03. The lowest BCUT2D eigenvalue weighted by molar-refractivity contribution is -0.148. The summed E-state index contributed by atoms with van der Waals surface area (Å²) < 4.78 is 10.4. The van der Waals surface area contributed by atoms with Gasteiger partial charge >= 0.3 is 11.9 Å². The minimum Gasteiger partial charge on any atom is -0.465 e. The fraction of sp³-hybridized carbons (Fsp3) is 0.556. The van der Waals surface area contributed by atoms with Gasteiger partial charge in [0.15, 0.2) is 0 Å². The molecule has 0 fully saturated rings. The molecular weight excluding hydrogens is 316 g/mol. The standard InChI is InChI=1S/C18H25ClO4/c1-3-5-8-14(4-2)13-22-17(20)11-12-18(21)23-16-10-7-6-9-15(16)19/h6-7,9-10,14H,3-5,8,11-13H2,1-2H3. The summed E-state index contributed by atoms with van der Waals surface area (Å²) >= 11 is 5.90.